The first-order chi connectivity index (χ1) is 5.15. The molecular weight excluding hydrogens is 265 g/mol. The van der Waals surface area contributed by atoms with Crippen molar-refractivity contribution >= 4 is 34.5 Å². The maximum Gasteiger partial charge on any atom is 0.322 e. The molecule has 0 bridgehead atoms. The van der Waals surface area contributed by atoms with E-state index in [0.717, 1.165) is 0 Å². The van der Waals surface area contributed by atoms with Crippen LogP contribution in [0.3, 0.4) is 0 Å². The normalized spacial score (nSPS) is 31.1. The lowest BCUT2D eigenvalue weighted by Gasteiger charge is -2.26. The van der Waals surface area contributed by atoms with Gasteiger partial charge >= 0.3 is 6.03 Å². The van der Waals surface area contributed by atoms with Gasteiger partial charge in [0.1, 0.15) is 10.1 Å². The van der Waals surface area contributed by atoms with Gasteiger partial charge in [0.2, 0.25) is 5.91 Å². The SMILES string of the molecule is O=C1NC(=O)C(I)C(NO)N1. The number of hydroxylamine groups is 1. The summed E-state index contributed by atoms with van der Waals surface area (Å²) in [5.74, 6) is -0.416. The van der Waals surface area contributed by atoms with Crippen molar-refractivity contribution in [3.8, 4) is 0 Å². The second-order valence-electron chi connectivity index (χ2n) is 1.97. The third-order valence-corrected chi connectivity index (χ3v) is 2.49. The molecule has 0 aromatic heterocycles. The zero-order chi connectivity index (χ0) is 8.43. The quantitative estimate of drug-likeness (QED) is 0.278. The van der Waals surface area contributed by atoms with Crippen LogP contribution in [0.25, 0.3) is 0 Å². The van der Waals surface area contributed by atoms with Crippen LogP contribution in [0.4, 0.5) is 4.79 Å². The number of hydrogen-bond acceptors (Lipinski definition) is 4. The Morgan fingerprint density at radius 2 is 2.18 bits per heavy atom. The molecule has 0 spiro atoms. The lowest BCUT2D eigenvalue weighted by molar-refractivity contribution is -0.121. The number of alkyl halides is 1. The van der Waals surface area contributed by atoms with Gasteiger partial charge in [-0.2, -0.15) is 5.48 Å². The second-order valence-corrected chi connectivity index (χ2v) is 3.31. The van der Waals surface area contributed by atoms with Gasteiger partial charge in [-0.25, -0.2) is 4.79 Å². The van der Waals surface area contributed by atoms with E-state index in [9.17, 15) is 9.59 Å². The topological polar surface area (TPSA) is 90.5 Å². The van der Waals surface area contributed by atoms with Gasteiger partial charge in [-0.3, -0.25) is 10.1 Å². The van der Waals surface area contributed by atoms with Gasteiger partial charge in [0.25, 0.3) is 0 Å². The first-order valence-corrected chi connectivity index (χ1v) is 4.05. The Morgan fingerprint density at radius 3 is 2.73 bits per heavy atom. The van der Waals surface area contributed by atoms with E-state index in [2.05, 4.69) is 5.32 Å². The number of nitrogens with one attached hydrogen (secondary N) is 3. The maximum absolute atomic E-state index is 10.8. The summed E-state index contributed by atoms with van der Waals surface area (Å²) in [6.45, 7) is 0. The molecule has 1 saturated heterocycles. The molecule has 2 unspecified atom stereocenters. The van der Waals surface area contributed by atoms with E-state index in [-0.39, 0.29) is 0 Å². The van der Waals surface area contributed by atoms with Crippen molar-refractivity contribution in [2.45, 2.75) is 10.1 Å². The highest BCUT2D eigenvalue weighted by molar-refractivity contribution is 14.1. The summed E-state index contributed by atoms with van der Waals surface area (Å²) in [5.41, 5.74) is 1.81. The van der Waals surface area contributed by atoms with Crippen LogP contribution in [-0.4, -0.2) is 27.2 Å². The molecule has 1 fully saturated rings. The van der Waals surface area contributed by atoms with Crippen molar-refractivity contribution in [2.75, 3.05) is 0 Å². The molecular formula is C4H6IN3O3. The fraction of sp³-hybridized carbons (Fsp3) is 0.500. The Hall–Kier alpha value is -0.410. The zero-order valence-electron chi connectivity index (χ0n) is 5.30. The Morgan fingerprint density at radius 1 is 1.55 bits per heavy atom. The van der Waals surface area contributed by atoms with Crippen LogP contribution in [0.15, 0.2) is 0 Å². The van der Waals surface area contributed by atoms with Crippen LogP contribution < -0.4 is 16.1 Å². The van der Waals surface area contributed by atoms with Gasteiger partial charge in [0.05, 0.1) is 0 Å². The summed E-state index contributed by atoms with van der Waals surface area (Å²) in [7, 11) is 0. The van der Waals surface area contributed by atoms with Crippen molar-refractivity contribution in [1.29, 1.82) is 0 Å². The number of carbonyl (C=O) groups is 2. The molecule has 1 heterocycles. The van der Waals surface area contributed by atoms with Crippen molar-refractivity contribution in [2.24, 2.45) is 0 Å². The van der Waals surface area contributed by atoms with E-state index < -0.39 is 22.0 Å². The highest BCUT2D eigenvalue weighted by Crippen LogP contribution is 2.07. The smallest absolute Gasteiger partial charge is 0.319 e. The third-order valence-electron chi connectivity index (χ3n) is 1.21. The molecule has 0 aromatic carbocycles. The van der Waals surface area contributed by atoms with E-state index >= 15 is 0 Å². The monoisotopic (exact) mass is 271 g/mol. The Balaban J connectivity index is 2.66. The summed E-state index contributed by atoms with van der Waals surface area (Å²) in [5, 5.41) is 12.8. The van der Waals surface area contributed by atoms with Crippen molar-refractivity contribution < 1.29 is 14.8 Å². The fourth-order valence-corrected chi connectivity index (χ4v) is 1.18. The molecule has 0 aliphatic carbocycles. The highest BCUT2D eigenvalue weighted by Gasteiger charge is 2.32. The molecule has 0 radical (unpaired) electrons. The minimum atomic E-state index is -0.711. The van der Waals surface area contributed by atoms with Crippen LogP contribution in [0.5, 0.6) is 0 Å². The molecule has 4 N–H and O–H groups in total. The third kappa shape index (κ3) is 1.79. The summed E-state index contributed by atoms with van der Waals surface area (Å²) >= 11 is 1.81. The summed E-state index contributed by atoms with van der Waals surface area (Å²) in [6, 6.07) is -0.602. The number of hydrogen-bond donors (Lipinski definition) is 4. The van der Waals surface area contributed by atoms with Gasteiger partial charge in [0.15, 0.2) is 0 Å². The van der Waals surface area contributed by atoms with Gasteiger partial charge in [0, 0.05) is 0 Å². The lowest BCUT2D eigenvalue weighted by atomic mass is 10.3. The van der Waals surface area contributed by atoms with Crippen LogP contribution in [0.2, 0.25) is 0 Å². The molecule has 1 aliphatic heterocycles. The van der Waals surface area contributed by atoms with Gasteiger partial charge in [-0.1, -0.05) is 22.6 Å². The molecule has 7 heteroatoms. The largest absolute Gasteiger partial charge is 0.322 e. The number of amides is 3. The summed E-state index contributed by atoms with van der Waals surface area (Å²) in [4.78, 5) is 21.4. The number of urea groups is 1. The van der Waals surface area contributed by atoms with E-state index in [4.69, 9.17) is 5.21 Å². The molecule has 1 aliphatic rings. The van der Waals surface area contributed by atoms with Crippen LogP contribution >= 0.6 is 22.6 Å². The summed E-state index contributed by atoms with van der Waals surface area (Å²) in [6.07, 6.45) is -0.711. The van der Waals surface area contributed by atoms with E-state index in [1.807, 2.05) is 10.8 Å². The standard InChI is InChI=1S/C4H6IN3O3/c5-1-2(8-11)6-4(10)7-3(1)9/h1-2,8,11H,(H2,6,7,9,10). The first-order valence-electron chi connectivity index (χ1n) is 2.80. The molecule has 2 atom stereocenters. The number of rotatable bonds is 1. The van der Waals surface area contributed by atoms with Gasteiger partial charge in [-0.15, -0.1) is 0 Å². The predicted octanol–water partition coefficient (Wildman–Crippen LogP) is -1.07. The molecule has 6 nitrogen and oxygen atoms in total. The van der Waals surface area contributed by atoms with Crippen LogP contribution in [0.1, 0.15) is 0 Å². The van der Waals surface area contributed by atoms with Crippen molar-refractivity contribution in [3.05, 3.63) is 0 Å². The average Bonchev–Trinajstić information content (AvgIpc) is 1.96. The van der Waals surface area contributed by atoms with Crippen LogP contribution in [-0.2, 0) is 4.79 Å². The average molecular weight is 271 g/mol. The summed E-state index contributed by atoms with van der Waals surface area (Å²) < 4.78 is -0.504. The molecule has 0 aromatic rings. The number of halogens is 1. The second kappa shape index (κ2) is 3.32. The first kappa shape index (κ1) is 8.68. The van der Waals surface area contributed by atoms with Gasteiger partial charge < -0.3 is 10.5 Å². The molecule has 3 amide bonds. The molecule has 0 saturated carbocycles. The van der Waals surface area contributed by atoms with Crippen molar-refractivity contribution in [3.63, 3.8) is 0 Å². The molecule has 62 valence electrons. The highest BCUT2D eigenvalue weighted by atomic mass is 127. The van der Waals surface area contributed by atoms with E-state index in [1.165, 1.54) is 0 Å². The van der Waals surface area contributed by atoms with E-state index in [0.29, 0.717) is 0 Å². The predicted molar refractivity (Wildman–Crippen MR) is 43.2 cm³/mol. The Kier molecular flexibility index (Phi) is 2.62. The van der Waals surface area contributed by atoms with E-state index in [1.54, 1.807) is 22.6 Å². The number of carbonyl (C=O) groups excluding carboxylic acids is 2. The minimum absolute atomic E-state index is 0.416. The zero-order valence-corrected chi connectivity index (χ0v) is 7.45. The Bertz CT molecular complexity index is 197. The maximum atomic E-state index is 10.8. The Labute approximate surface area is 75.8 Å². The lowest BCUT2D eigenvalue weighted by Crippen LogP contribution is -2.63. The van der Waals surface area contributed by atoms with Crippen molar-refractivity contribution in [1.82, 2.24) is 16.1 Å². The number of imide groups is 1. The molecule has 11 heavy (non-hydrogen) atoms. The minimum Gasteiger partial charge on any atom is -0.319 e. The van der Waals surface area contributed by atoms with Gasteiger partial charge in [-0.05, 0) is 0 Å². The molecule has 1 rings (SSSR count). The van der Waals surface area contributed by atoms with Crippen LogP contribution in [0, 0.1) is 0 Å². The fourth-order valence-electron chi connectivity index (χ4n) is 0.680.